The standard InChI is InChI=1S/C18H21FN2O2S/c19-14-8-4-5-9-16(14)23-11-17(22)20-10-18-21-15(12-24-18)13-6-2-1-3-7-13/h4-5,8-9,12-13H,1-3,6-7,10-11H2,(H,20,22). The number of hydrogen-bond donors (Lipinski definition) is 1. The zero-order chi connectivity index (χ0) is 16.8. The van der Waals surface area contributed by atoms with Crippen molar-refractivity contribution in [3.63, 3.8) is 0 Å². The minimum Gasteiger partial charge on any atom is -0.481 e. The molecule has 6 heteroatoms. The Morgan fingerprint density at radius 1 is 1.29 bits per heavy atom. The van der Waals surface area contributed by atoms with Gasteiger partial charge < -0.3 is 10.1 Å². The van der Waals surface area contributed by atoms with Gasteiger partial charge in [0.1, 0.15) is 5.01 Å². The van der Waals surface area contributed by atoms with E-state index in [-0.39, 0.29) is 18.3 Å². The van der Waals surface area contributed by atoms with Gasteiger partial charge in [-0.25, -0.2) is 9.37 Å². The summed E-state index contributed by atoms with van der Waals surface area (Å²) in [5.74, 6) is -0.0969. The summed E-state index contributed by atoms with van der Waals surface area (Å²) in [4.78, 5) is 16.5. The number of ether oxygens (including phenoxy) is 1. The fourth-order valence-electron chi connectivity index (χ4n) is 2.92. The van der Waals surface area contributed by atoms with Gasteiger partial charge in [0, 0.05) is 11.3 Å². The smallest absolute Gasteiger partial charge is 0.258 e. The molecule has 2 aromatic rings. The second kappa shape index (κ2) is 8.24. The van der Waals surface area contributed by atoms with Crippen molar-refractivity contribution in [2.75, 3.05) is 6.61 Å². The molecule has 1 N–H and O–H groups in total. The molecule has 1 aliphatic rings. The first-order chi connectivity index (χ1) is 11.7. The van der Waals surface area contributed by atoms with Crippen molar-refractivity contribution in [2.24, 2.45) is 0 Å². The van der Waals surface area contributed by atoms with Crippen LogP contribution in [0.3, 0.4) is 0 Å². The molecular weight excluding hydrogens is 327 g/mol. The Kier molecular flexibility index (Phi) is 5.80. The van der Waals surface area contributed by atoms with Gasteiger partial charge in [0.2, 0.25) is 0 Å². The van der Waals surface area contributed by atoms with Crippen molar-refractivity contribution in [2.45, 2.75) is 44.6 Å². The third-order valence-corrected chi connectivity index (χ3v) is 5.09. The molecule has 24 heavy (non-hydrogen) atoms. The molecular formula is C18H21FN2O2S. The molecule has 128 valence electrons. The highest BCUT2D eigenvalue weighted by Gasteiger charge is 2.18. The van der Waals surface area contributed by atoms with Gasteiger partial charge in [0.05, 0.1) is 12.2 Å². The molecule has 1 saturated carbocycles. The highest BCUT2D eigenvalue weighted by molar-refractivity contribution is 7.09. The summed E-state index contributed by atoms with van der Waals surface area (Å²) in [7, 11) is 0. The summed E-state index contributed by atoms with van der Waals surface area (Å²) >= 11 is 1.58. The lowest BCUT2D eigenvalue weighted by Gasteiger charge is -2.19. The maximum Gasteiger partial charge on any atom is 0.258 e. The summed E-state index contributed by atoms with van der Waals surface area (Å²) < 4.78 is 18.6. The molecule has 0 saturated heterocycles. The Labute approximate surface area is 145 Å². The van der Waals surface area contributed by atoms with E-state index in [9.17, 15) is 9.18 Å². The number of aromatic nitrogens is 1. The van der Waals surface area contributed by atoms with Crippen LogP contribution in [0, 0.1) is 5.82 Å². The summed E-state index contributed by atoms with van der Waals surface area (Å²) in [6.07, 6.45) is 6.31. The van der Waals surface area contributed by atoms with Gasteiger partial charge in [0.25, 0.3) is 5.91 Å². The number of nitrogens with zero attached hydrogens (tertiary/aromatic N) is 1. The number of halogens is 1. The first kappa shape index (κ1) is 16.9. The highest BCUT2D eigenvalue weighted by atomic mass is 32.1. The number of nitrogens with one attached hydrogen (secondary N) is 1. The molecule has 0 unspecified atom stereocenters. The fraction of sp³-hybridized carbons (Fsp3) is 0.444. The fourth-order valence-corrected chi connectivity index (χ4v) is 3.74. The number of hydrogen-bond acceptors (Lipinski definition) is 4. The van der Waals surface area contributed by atoms with Crippen LogP contribution in [-0.4, -0.2) is 17.5 Å². The highest BCUT2D eigenvalue weighted by Crippen LogP contribution is 2.32. The molecule has 1 heterocycles. The third kappa shape index (κ3) is 4.54. The zero-order valence-corrected chi connectivity index (χ0v) is 14.3. The van der Waals surface area contributed by atoms with Crippen LogP contribution in [0.4, 0.5) is 4.39 Å². The minimum atomic E-state index is -0.470. The maximum atomic E-state index is 13.4. The van der Waals surface area contributed by atoms with Crippen molar-refractivity contribution < 1.29 is 13.9 Å². The quantitative estimate of drug-likeness (QED) is 0.858. The van der Waals surface area contributed by atoms with Crippen LogP contribution in [0.2, 0.25) is 0 Å². The van der Waals surface area contributed by atoms with Crippen LogP contribution >= 0.6 is 11.3 Å². The average Bonchev–Trinajstić information content (AvgIpc) is 3.09. The number of amides is 1. The van der Waals surface area contributed by atoms with E-state index < -0.39 is 5.82 Å². The molecule has 1 amide bonds. The van der Waals surface area contributed by atoms with Gasteiger partial charge >= 0.3 is 0 Å². The number of carbonyl (C=O) groups is 1. The monoisotopic (exact) mass is 348 g/mol. The first-order valence-electron chi connectivity index (χ1n) is 8.30. The minimum absolute atomic E-state index is 0.0847. The Morgan fingerprint density at radius 3 is 2.88 bits per heavy atom. The van der Waals surface area contributed by atoms with E-state index in [0.717, 1.165) is 10.7 Å². The Morgan fingerprint density at radius 2 is 2.08 bits per heavy atom. The van der Waals surface area contributed by atoms with E-state index in [0.29, 0.717) is 12.5 Å². The predicted octanol–water partition coefficient (Wildman–Crippen LogP) is 4.03. The number of para-hydroxylation sites is 1. The van der Waals surface area contributed by atoms with Gasteiger partial charge in [-0.05, 0) is 25.0 Å². The van der Waals surface area contributed by atoms with E-state index in [1.165, 1.54) is 44.2 Å². The van der Waals surface area contributed by atoms with Gasteiger partial charge in [0.15, 0.2) is 18.2 Å². The van der Waals surface area contributed by atoms with Gasteiger partial charge in [-0.2, -0.15) is 0 Å². The third-order valence-electron chi connectivity index (χ3n) is 4.23. The van der Waals surface area contributed by atoms with E-state index in [1.54, 1.807) is 23.5 Å². The summed E-state index contributed by atoms with van der Waals surface area (Å²) in [5, 5.41) is 5.77. The summed E-state index contributed by atoms with van der Waals surface area (Å²) in [6.45, 7) is 0.179. The summed E-state index contributed by atoms with van der Waals surface area (Å²) in [6, 6.07) is 6.04. The summed E-state index contributed by atoms with van der Waals surface area (Å²) in [5.41, 5.74) is 1.16. The molecule has 3 rings (SSSR count). The normalized spacial score (nSPS) is 15.2. The van der Waals surface area contributed by atoms with E-state index >= 15 is 0 Å². The number of benzene rings is 1. The molecule has 1 aliphatic carbocycles. The number of carbonyl (C=O) groups excluding carboxylic acids is 1. The van der Waals surface area contributed by atoms with Crippen molar-refractivity contribution in [3.05, 3.63) is 46.2 Å². The molecule has 0 radical (unpaired) electrons. The van der Waals surface area contributed by atoms with Crippen molar-refractivity contribution in [1.29, 1.82) is 0 Å². The largest absolute Gasteiger partial charge is 0.481 e. The van der Waals surface area contributed by atoms with E-state index in [4.69, 9.17) is 4.74 Å². The molecule has 1 aromatic carbocycles. The van der Waals surface area contributed by atoms with Crippen molar-refractivity contribution in [1.82, 2.24) is 10.3 Å². The zero-order valence-electron chi connectivity index (χ0n) is 13.5. The molecule has 1 fully saturated rings. The van der Waals surface area contributed by atoms with Crippen LogP contribution in [0.5, 0.6) is 5.75 Å². The number of rotatable bonds is 6. The molecule has 0 bridgehead atoms. The maximum absolute atomic E-state index is 13.4. The van der Waals surface area contributed by atoms with Crippen molar-refractivity contribution in [3.8, 4) is 5.75 Å². The first-order valence-corrected chi connectivity index (χ1v) is 9.18. The van der Waals surface area contributed by atoms with Crippen LogP contribution < -0.4 is 10.1 Å². The average molecular weight is 348 g/mol. The SMILES string of the molecule is O=C(COc1ccccc1F)NCc1nc(C2CCCCC2)cs1. The van der Waals surface area contributed by atoms with Gasteiger partial charge in [-0.15, -0.1) is 11.3 Å². The second-order valence-electron chi connectivity index (χ2n) is 6.00. The van der Waals surface area contributed by atoms with Gasteiger partial charge in [-0.3, -0.25) is 4.79 Å². The van der Waals surface area contributed by atoms with E-state index in [1.807, 2.05) is 0 Å². The molecule has 4 nitrogen and oxygen atoms in total. The lowest BCUT2D eigenvalue weighted by atomic mass is 9.87. The molecule has 0 spiro atoms. The van der Waals surface area contributed by atoms with E-state index in [2.05, 4.69) is 15.7 Å². The predicted molar refractivity (Wildman–Crippen MR) is 91.7 cm³/mol. The molecule has 0 atom stereocenters. The van der Waals surface area contributed by atoms with Crippen LogP contribution in [0.25, 0.3) is 0 Å². The second-order valence-corrected chi connectivity index (χ2v) is 6.94. The lowest BCUT2D eigenvalue weighted by molar-refractivity contribution is -0.123. The Bertz CT molecular complexity index is 683. The van der Waals surface area contributed by atoms with Crippen LogP contribution in [0.15, 0.2) is 29.6 Å². The van der Waals surface area contributed by atoms with Crippen LogP contribution in [0.1, 0.15) is 48.7 Å². The van der Waals surface area contributed by atoms with Gasteiger partial charge in [-0.1, -0.05) is 31.4 Å². The molecule has 1 aromatic heterocycles. The van der Waals surface area contributed by atoms with Crippen molar-refractivity contribution >= 4 is 17.2 Å². The van der Waals surface area contributed by atoms with Crippen LogP contribution in [-0.2, 0) is 11.3 Å². The lowest BCUT2D eigenvalue weighted by Crippen LogP contribution is -2.28. The Hall–Kier alpha value is -1.95. The Balaban J connectivity index is 1.44. The molecule has 0 aliphatic heterocycles. The topological polar surface area (TPSA) is 51.2 Å². The number of thiazole rings is 1.